The first-order valence-corrected chi connectivity index (χ1v) is 11.5. The van der Waals surface area contributed by atoms with Gasteiger partial charge in [-0.2, -0.15) is 0 Å². The number of para-hydroxylation sites is 1. The van der Waals surface area contributed by atoms with Crippen molar-refractivity contribution in [3.05, 3.63) is 92.0 Å². The SMILES string of the molecule is COC(=O)c1ccccc1N=Cc1ccc(Sc2n[nH]c(-c3ccc(Cl)cc3Cl)n2)c([N+](=O)[O-])c1. The number of aromatic nitrogens is 3. The van der Waals surface area contributed by atoms with E-state index in [0.29, 0.717) is 37.6 Å². The van der Waals surface area contributed by atoms with E-state index in [4.69, 9.17) is 27.9 Å². The summed E-state index contributed by atoms with van der Waals surface area (Å²) >= 11 is 13.2. The second-order valence-corrected chi connectivity index (χ2v) is 8.80. The van der Waals surface area contributed by atoms with Gasteiger partial charge < -0.3 is 4.74 Å². The van der Waals surface area contributed by atoms with Crippen LogP contribution in [-0.2, 0) is 4.74 Å². The molecule has 0 fully saturated rings. The maximum absolute atomic E-state index is 11.9. The van der Waals surface area contributed by atoms with Crippen LogP contribution in [0.5, 0.6) is 0 Å². The Kier molecular flexibility index (Phi) is 7.45. The lowest BCUT2D eigenvalue weighted by molar-refractivity contribution is -0.387. The summed E-state index contributed by atoms with van der Waals surface area (Å²) in [5, 5.41) is 19.8. The third-order valence-electron chi connectivity index (χ3n) is 4.69. The lowest BCUT2D eigenvalue weighted by atomic mass is 10.2. The Hall–Kier alpha value is -3.73. The van der Waals surface area contributed by atoms with Gasteiger partial charge in [-0.3, -0.25) is 20.2 Å². The Morgan fingerprint density at radius 3 is 2.71 bits per heavy atom. The van der Waals surface area contributed by atoms with Crippen molar-refractivity contribution in [3.8, 4) is 11.4 Å². The molecule has 0 saturated carbocycles. The van der Waals surface area contributed by atoms with E-state index in [0.717, 1.165) is 11.8 Å². The third kappa shape index (κ3) is 5.68. The number of hydrogen-bond acceptors (Lipinski definition) is 8. The molecule has 1 N–H and O–H groups in total. The molecule has 0 bridgehead atoms. The van der Waals surface area contributed by atoms with E-state index in [-0.39, 0.29) is 16.4 Å². The molecule has 12 heteroatoms. The fraction of sp³-hybridized carbons (Fsp3) is 0.0435. The minimum Gasteiger partial charge on any atom is -0.465 e. The maximum Gasteiger partial charge on any atom is 0.340 e. The molecule has 4 aromatic rings. The molecule has 176 valence electrons. The molecule has 0 aliphatic rings. The predicted octanol–water partition coefficient (Wildman–Crippen LogP) is 6.38. The molecule has 0 atom stereocenters. The number of benzene rings is 3. The Bertz CT molecular complexity index is 1460. The molecule has 4 rings (SSSR count). The average molecular weight is 528 g/mol. The summed E-state index contributed by atoms with van der Waals surface area (Å²) in [4.78, 5) is 32.2. The van der Waals surface area contributed by atoms with Crippen LogP contribution >= 0.6 is 35.0 Å². The first-order chi connectivity index (χ1) is 16.9. The molecule has 1 aromatic heterocycles. The van der Waals surface area contributed by atoms with Crippen LogP contribution in [-0.4, -0.2) is 39.4 Å². The summed E-state index contributed by atoms with van der Waals surface area (Å²) in [7, 11) is 1.28. The summed E-state index contributed by atoms with van der Waals surface area (Å²) in [6.45, 7) is 0. The summed E-state index contributed by atoms with van der Waals surface area (Å²) in [5.41, 5.74) is 1.60. The van der Waals surface area contributed by atoms with Crippen molar-refractivity contribution in [2.24, 2.45) is 4.99 Å². The van der Waals surface area contributed by atoms with Crippen LogP contribution in [0.3, 0.4) is 0 Å². The van der Waals surface area contributed by atoms with E-state index >= 15 is 0 Å². The number of nitro benzene ring substituents is 1. The lowest BCUT2D eigenvalue weighted by Gasteiger charge is -2.04. The van der Waals surface area contributed by atoms with E-state index in [1.54, 1.807) is 54.6 Å². The van der Waals surface area contributed by atoms with Crippen LogP contribution in [0.2, 0.25) is 10.0 Å². The van der Waals surface area contributed by atoms with Gasteiger partial charge in [-0.25, -0.2) is 9.78 Å². The summed E-state index contributed by atoms with van der Waals surface area (Å²) in [6, 6.07) is 16.3. The number of rotatable bonds is 7. The minimum atomic E-state index is -0.527. The van der Waals surface area contributed by atoms with Gasteiger partial charge in [0.2, 0.25) is 5.16 Å². The molecule has 35 heavy (non-hydrogen) atoms. The van der Waals surface area contributed by atoms with Crippen molar-refractivity contribution in [1.29, 1.82) is 0 Å². The van der Waals surface area contributed by atoms with Gasteiger partial charge in [0.25, 0.3) is 5.69 Å². The largest absolute Gasteiger partial charge is 0.465 e. The number of methoxy groups -OCH3 is 1. The van der Waals surface area contributed by atoms with Gasteiger partial charge in [0.05, 0.1) is 33.2 Å². The highest BCUT2D eigenvalue weighted by Crippen LogP contribution is 2.35. The highest BCUT2D eigenvalue weighted by Gasteiger charge is 2.19. The molecule has 0 aliphatic heterocycles. The fourth-order valence-electron chi connectivity index (χ4n) is 3.05. The third-order valence-corrected chi connectivity index (χ3v) is 6.17. The number of esters is 1. The predicted molar refractivity (Wildman–Crippen MR) is 134 cm³/mol. The minimum absolute atomic E-state index is 0.143. The Balaban J connectivity index is 1.59. The number of hydrogen-bond donors (Lipinski definition) is 1. The fourth-order valence-corrected chi connectivity index (χ4v) is 4.35. The van der Waals surface area contributed by atoms with E-state index in [1.165, 1.54) is 19.4 Å². The zero-order chi connectivity index (χ0) is 24.9. The maximum atomic E-state index is 11.9. The van der Waals surface area contributed by atoms with Crippen LogP contribution < -0.4 is 0 Å². The number of ether oxygens (including phenoxy) is 1. The Labute approximate surface area is 213 Å². The summed E-state index contributed by atoms with van der Waals surface area (Å²) < 4.78 is 4.76. The molecular formula is C23H15Cl2N5O4S. The zero-order valence-corrected chi connectivity index (χ0v) is 20.3. The van der Waals surface area contributed by atoms with E-state index in [9.17, 15) is 14.9 Å². The zero-order valence-electron chi connectivity index (χ0n) is 17.9. The standard InChI is InChI=1S/C23H15Cl2N5O4S/c1-34-22(31)16-4-2-3-5-18(16)26-12-13-6-9-20(19(10-13)30(32)33)35-23-27-21(28-29-23)15-8-7-14(24)11-17(15)25/h2-12H,1H3,(H,27,28,29). The molecule has 0 amide bonds. The highest BCUT2D eigenvalue weighted by molar-refractivity contribution is 7.99. The molecule has 3 aromatic carbocycles. The highest BCUT2D eigenvalue weighted by atomic mass is 35.5. The number of nitro groups is 1. The first-order valence-electron chi connectivity index (χ1n) is 9.91. The van der Waals surface area contributed by atoms with Crippen molar-refractivity contribution in [2.75, 3.05) is 7.11 Å². The molecular weight excluding hydrogens is 513 g/mol. The lowest BCUT2D eigenvalue weighted by Crippen LogP contribution is -2.01. The van der Waals surface area contributed by atoms with Gasteiger partial charge in [0, 0.05) is 22.9 Å². The molecule has 0 spiro atoms. The van der Waals surface area contributed by atoms with Crippen LogP contribution in [0.15, 0.2) is 75.7 Å². The number of halogens is 2. The van der Waals surface area contributed by atoms with Gasteiger partial charge >= 0.3 is 5.97 Å². The second kappa shape index (κ2) is 10.7. The van der Waals surface area contributed by atoms with Crippen LogP contribution in [0.4, 0.5) is 11.4 Å². The Morgan fingerprint density at radius 1 is 1.17 bits per heavy atom. The van der Waals surface area contributed by atoms with Gasteiger partial charge in [0.15, 0.2) is 5.82 Å². The summed E-state index contributed by atoms with van der Waals surface area (Å²) in [6.07, 6.45) is 1.44. The van der Waals surface area contributed by atoms with E-state index in [1.807, 2.05) is 0 Å². The van der Waals surface area contributed by atoms with E-state index in [2.05, 4.69) is 20.2 Å². The van der Waals surface area contributed by atoms with Gasteiger partial charge in [-0.15, -0.1) is 5.10 Å². The second-order valence-electron chi connectivity index (χ2n) is 6.94. The van der Waals surface area contributed by atoms with Gasteiger partial charge in [0.1, 0.15) is 0 Å². The Morgan fingerprint density at radius 2 is 1.97 bits per heavy atom. The monoisotopic (exact) mass is 527 g/mol. The van der Waals surface area contributed by atoms with Crippen molar-refractivity contribution < 1.29 is 14.5 Å². The van der Waals surface area contributed by atoms with Crippen LogP contribution in [0, 0.1) is 10.1 Å². The number of carbonyl (C=O) groups is 1. The van der Waals surface area contributed by atoms with Gasteiger partial charge in [-0.1, -0.05) is 41.4 Å². The summed E-state index contributed by atoms with van der Waals surface area (Å²) in [5.74, 6) is -0.119. The molecule has 0 radical (unpaired) electrons. The van der Waals surface area contributed by atoms with Crippen LogP contribution in [0.1, 0.15) is 15.9 Å². The number of nitrogens with one attached hydrogen (secondary N) is 1. The smallest absolute Gasteiger partial charge is 0.340 e. The number of H-pyrrole nitrogens is 1. The molecule has 0 saturated heterocycles. The molecule has 0 unspecified atom stereocenters. The van der Waals surface area contributed by atoms with Crippen molar-refractivity contribution >= 4 is 58.5 Å². The molecule has 0 aliphatic carbocycles. The first kappa shape index (κ1) is 24.4. The van der Waals surface area contributed by atoms with Crippen molar-refractivity contribution in [2.45, 2.75) is 10.1 Å². The van der Waals surface area contributed by atoms with Crippen molar-refractivity contribution in [1.82, 2.24) is 15.2 Å². The van der Waals surface area contributed by atoms with Crippen molar-refractivity contribution in [3.63, 3.8) is 0 Å². The van der Waals surface area contributed by atoms with E-state index < -0.39 is 10.9 Å². The molecule has 9 nitrogen and oxygen atoms in total. The quantitative estimate of drug-likeness (QED) is 0.128. The average Bonchev–Trinajstić information content (AvgIpc) is 3.31. The number of aromatic amines is 1. The number of carbonyl (C=O) groups excluding carboxylic acids is 1. The number of nitrogens with zero attached hydrogens (tertiary/aromatic N) is 4. The topological polar surface area (TPSA) is 123 Å². The number of aliphatic imine (C=N–C) groups is 1. The molecule has 1 heterocycles. The van der Waals surface area contributed by atoms with Crippen LogP contribution in [0.25, 0.3) is 11.4 Å². The van der Waals surface area contributed by atoms with Gasteiger partial charge in [-0.05, 0) is 53.7 Å². The normalized spacial score (nSPS) is 11.1.